The number of nitrogens with zero attached hydrogens (tertiary/aromatic N) is 2. The lowest BCUT2D eigenvalue weighted by molar-refractivity contribution is -0.142. The van der Waals surface area contributed by atoms with E-state index in [0.29, 0.717) is 12.2 Å². The Kier molecular flexibility index (Phi) is 3.68. The molecule has 2 rings (SSSR count). The van der Waals surface area contributed by atoms with E-state index < -0.39 is 12.0 Å². The third kappa shape index (κ3) is 2.54. The number of carboxylic acids is 1. The van der Waals surface area contributed by atoms with Gasteiger partial charge in [-0.3, -0.25) is 14.6 Å². The SMILES string of the molecule is CN1CC(=O)N(c2cccc(Br)c2)C(C(=O)O)C1. The highest BCUT2D eigenvalue weighted by atomic mass is 79.9. The first-order valence-corrected chi connectivity index (χ1v) is 6.27. The Balaban J connectivity index is 2.38. The van der Waals surface area contributed by atoms with Gasteiger partial charge < -0.3 is 5.11 Å². The number of carboxylic acid groups (broad SMARTS) is 1. The van der Waals surface area contributed by atoms with Crippen LogP contribution in [0.5, 0.6) is 0 Å². The number of carbonyl (C=O) groups is 2. The van der Waals surface area contributed by atoms with Crippen molar-refractivity contribution in [3.05, 3.63) is 28.7 Å². The predicted molar refractivity (Wildman–Crippen MR) is 70.5 cm³/mol. The van der Waals surface area contributed by atoms with E-state index in [4.69, 9.17) is 0 Å². The molecule has 18 heavy (non-hydrogen) atoms. The largest absolute Gasteiger partial charge is 0.480 e. The summed E-state index contributed by atoms with van der Waals surface area (Å²) in [6, 6.07) is 6.26. The molecule has 0 aromatic heterocycles. The fourth-order valence-electron chi connectivity index (χ4n) is 2.06. The van der Waals surface area contributed by atoms with Crippen LogP contribution in [0.1, 0.15) is 0 Å². The molecule has 0 bridgehead atoms. The Labute approximate surface area is 113 Å². The van der Waals surface area contributed by atoms with E-state index in [1.165, 1.54) is 4.90 Å². The summed E-state index contributed by atoms with van der Waals surface area (Å²) in [6.45, 7) is 0.559. The minimum Gasteiger partial charge on any atom is -0.480 e. The van der Waals surface area contributed by atoms with Crippen LogP contribution in [0.3, 0.4) is 0 Å². The van der Waals surface area contributed by atoms with Crippen molar-refractivity contribution in [3.8, 4) is 0 Å². The second-order valence-corrected chi connectivity index (χ2v) is 5.21. The molecule has 1 fully saturated rings. The first kappa shape index (κ1) is 13.0. The Morgan fingerprint density at radius 1 is 1.50 bits per heavy atom. The van der Waals surface area contributed by atoms with Crippen molar-refractivity contribution < 1.29 is 14.7 Å². The van der Waals surface area contributed by atoms with Gasteiger partial charge in [0.25, 0.3) is 0 Å². The Morgan fingerprint density at radius 2 is 2.22 bits per heavy atom. The molecule has 5 nitrogen and oxygen atoms in total. The van der Waals surface area contributed by atoms with Crippen LogP contribution in [0.2, 0.25) is 0 Å². The summed E-state index contributed by atoms with van der Waals surface area (Å²) in [7, 11) is 1.74. The maximum atomic E-state index is 12.0. The van der Waals surface area contributed by atoms with Crippen molar-refractivity contribution in [3.63, 3.8) is 0 Å². The fourth-order valence-corrected chi connectivity index (χ4v) is 2.45. The lowest BCUT2D eigenvalue weighted by atomic mass is 10.1. The van der Waals surface area contributed by atoms with Gasteiger partial charge in [0.1, 0.15) is 6.04 Å². The highest BCUT2D eigenvalue weighted by Crippen LogP contribution is 2.24. The zero-order chi connectivity index (χ0) is 13.3. The Hall–Kier alpha value is -1.40. The number of amides is 1. The third-order valence-electron chi connectivity index (χ3n) is 2.84. The molecular weight excluding hydrogens is 300 g/mol. The molecule has 1 aliphatic heterocycles. The normalized spacial score (nSPS) is 21.1. The monoisotopic (exact) mass is 312 g/mol. The van der Waals surface area contributed by atoms with Crippen LogP contribution in [-0.2, 0) is 9.59 Å². The van der Waals surface area contributed by atoms with Crippen LogP contribution in [0.4, 0.5) is 5.69 Å². The molecule has 0 aliphatic carbocycles. The maximum Gasteiger partial charge on any atom is 0.328 e. The number of anilines is 1. The summed E-state index contributed by atoms with van der Waals surface area (Å²) in [5, 5.41) is 9.24. The summed E-state index contributed by atoms with van der Waals surface area (Å²) in [5.41, 5.74) is 0.606. The molecule has 1 amide bonds. The molecule has 1 aliphatic rings. The minimum atomic E-state index is -0.991. The number of rotatable bonds is 2. The van der Waals surface area contributed by atoms with E-state index in [1.54, 1.807) is 30.1 Å². The van der Waals surface area contributed by atoms with Gasteiger partial charge in [-0.15, -0.1) is 0 Å². The van der Waals surface area contributed by atoms with E-state index in [2.05, 4.69) is 15.9 Å². The van der Waals surface area contributed by atoms with Crippen LogP contribution in [0.15, 0.2) is 28.7 Å². The summed E-state index contributed by atoms with van der Waals surface area (Å²) in [5.74, 6) is -1.19. The molecule has 0 spiro atoms. The molecule has 1 aromatic rings. The van der Waals surface area contributed by atoms with Crippen LogP contribution >= 0.6 is 15.9 Å². The quantitative estimate of drug-likeness (QED) is 0.891. The van der Waals surface area contributed by atoms with E-state index >= 15 is 0 Å². The zero-order valence-corrected chi connectivity index (χ0v) is 11.4. The van der Waals surface area contributed by atoms with Crippen LogP contribution in [0, 0.1) is 0 Å². The van der Waals surface area contributed by atoms with Crippen molar-refractivity contribution in [2.45, 2.75) is 6.04 Å². The Morgan fingerprint density at radius 3 is 2.83 bits per heavy atom. The van der Waals surface area contributed by atoms with Gasteiger partial charge in [-0.05, 0) is 25.2 Å². The molecule has 6 heteroatoms. The summed E-state index contributed by atoms with van der Waals surface area (Å²) in [6.07, 6.45) is 0. The van der Waals surface area contributed by atoms with Crippen molar-refractivity contribution in [2.75, 3.05) is 25.0 Å². The summed E-state index contributed by atoms with van der Waals surface area (Å²) in [4.78, 5) is 26.4. The average Bonchev–Trinajstić information content (AvgIpc) is 2.27. The van der Waals surface area contributed by atoms with Crippen molar-refractivity contribution in [1.82, 2.24) is 4.90 Å². The van der Waals surface area contributed by atoms with Gasteiger partial charge in [-0.1, -0.05) is 22.0 Å². The molecule has 1 N–H and O–H groups in total. The number of benzene rings is 1. The lowest BCUT2D eigenvalue weighted by Crippen LogP contribution is -2.58. The molecule has 1 saturated heterocycles. The van der Waals surface area contributed by atoms with Crippen LogP contribution < -0.4 is 4.90 Å². The molecule has 1 atom stereocenters. The number of hydrogen-bond acceptors (Lipinski definition) is 3. The van der Waals surface area contributed by atoms with Gasteiger partial charge in [0.2, 0.25) is 5.91 Å². The fraction of sp³-hybridized carbons (Fsp3) is 0.333. The second kappa shape index (κ2) is 5.07. The number of hydrogen-bond donors (Lipinski definition) is 1. The zero-order valence-electron chi connectivity index (χ0n) is 9.84. The lowest BCUT2D eigenvalue weighted by Gasteiger charge is -2.37. The summed E-state index contributed by atoms with van der Waals surface area (Å²) >= 11 is 3.32. The van der Waals surface area contributed by atoms with Gasteiger partial charge in [0.05, 0.1) is 6.54 Å². The third-order valence-corrected chi connectivity index (χ3v) is 3.33. The first-order valence-electron chi connectivity index (χ1n) is 5.48. The molecule has 96 valence electrons. The highest BCUT2D eigenvalue weighted by molar-refractivity contribution is 9.10. The molecule has 0 saturated carbocycles. The molecule has 1 unspecified atom stereocenters. The molecule has 1 aromatic carbocycles. The van der Waals surface area contributed by atoms with E-state index in [1.807, 2.05) is 6.07 Å². The smallest absolute Gasteiger partial charge is 0.328 e. The average molecular weight is 313 g/mol. The maximum absolute atomic E-state index is 12.0. The Bertz CT molecular complexity index is 492. The van der Waals surface area contributed by atoms with E-state index in [9.17, 15) is 14.7 Å². The first-order chi connectivity index (χ1) is 8.49. The number of piperazine rings is 1. The highest BCUT2D eigenvalue weighted by Gasteiger charge is 2.36. The van der Waals surface area contributed by atoms with Gasteiger partial charge in [0.15, 0.2) is 0 Å². The molecule has 0 radical (unpaired) electrons. The summed E-state index contributed by atoms with van der Waals surface area (Å²) < 4.78 is 0.816. The minimum absolute atomic E-state index is 0.200. The second-order valence-electron chi connectivity index (χ2n) is 4.29. The van der Waals surface area contributed by atoms with Crippen LogP contribution in [0.25, 0.3) is 0 Å². The number of carbonyl (C=O) groups excluding carboxylic acids is 1. The topological polar surface area (TPSA) is 60.9 Å². The number of halogens is 1. The molecule has 1 heterocycles. The van der Waals surface area contributed by atoms with E-state index in [-0.39, 0.29) is 12.5 Å². The van der Waals surface area contributed by atoms with Gasteiger partial charge in [-0.25, -0.2) is 4.79 Å². The van der Waals surface area contributed by atoms with Crippen LogP contribution in [-0.4, -0.2) is 48.1 Å². The van der Waals surface area contributed by atoms with Crippen molar-refractivity contribution >= 4 is 33.5 Å². The number of likely N-dealkylation sites (N-methyl/N-ethyl adjacent to an activating group) is 1. The molecular formula is C12H13BrN2O3. The van der Waals surface area contributed by atoms with Crippen molar-refractivity contribution in [1.29, 1.82) is 0 Å². The number of aliphatic carboxylic acids is 1. The van der Waals surface area contributed by atoms with Gasteiger partial charge in [-0.2, -0.15) is 0 Å². The van der Waals surface area contributed by atoms with E-state index in [0.717, 1.165) is 4.47 Å². The van der Waals surface area contributed by atoms with Crippen molar-refractivity contribution in [2.24, 2.45) is 0 Å². The van der Waals surface area contributed by atoms with Gasteiger partial charge >= 0.3 is 5.97 Å². The predicted octanol–water partition coefficient (Wildman–Crippen LogP) is 1.18. The van der Waals surface area contributed by atoms with Gasteiger partial charge in [0, 0.05) is 16.7 Å². The standard InChI is InChI=1S/C12H13BrN2O3/c1-14-6-10(12(17)18)15(11(16)7-14)9-4-2-3-8(13)5-9/h2-5,10H,6-7H2,1H3,(H,17,18).